The lowest BCUT2D eigenvalue weighted by molar-refractivity contribution is 0.0234. The molecule has 0 saturated carbocycles. The Morgan fingerprint density at radius 2 is 2.08 bits per heavy atom. The molecule has 0 radical (unpaired) electrons. The van der Waals surface area contributed by atoms with Crippen molar-refractivity contribution >= 4 is 44.4 Å². The summed E-state index contributed by atoms with van der Waals surface area (Å²) in [4.78, 5) is 20.2. The third-order valence-electron chi connectivity index (χ3n) is 4.29. The number of hydrogen-bond donors (Lipinski definition) is 0. The summed E-state index contributed by atoms with van der Waals surface area (Å²) in [6, 6.07) is 13.4. The minimum absolute atomic E-state index is 0.102. The number of carbonyl (C=O) groups is 1. The molecule has 0 atom stereocenters. The Morgan fingerprint density at radius 3 is 2.85 bits per heavy atom. The highest BCUT2D eigenvalue weighted by atomic mass is 32.2. The minimum Gasteiger partial charge on any atom is -0.494 e. The van der Waals surface area contributed by atoms with Gasteiger partial charge < -0.3 is 14.4 Å². The number of ether oxygens (including phenoxy) is 2. The van der Waals surface area contributed by atoms with Gasteiger partial charge in [0.1, 0.15) is 17.4 Å². The highest BCUT2D eigenvalue weighted by molar-refractivity contribution is 7.98. The van der Waals surface area contributed by atoms with Gasteiger partial charge in [-0.25, -0.2) is 9.78 Å². The molecule has 1 saturated heterocycles. The molecule has 1 fully saturated rings. The molecule has 26 heavy (non-hydrogen) atoms. The van der Waals surface area contributed by atoms with Crippen molar-refractivity contribution in [3.05, 3.63) is 48.0 Å². The molecule has 0 amide bonds. The molecule has 0 N–H and O–H groups in total. The molecule has 1 aliphatic rings. The smallest absolute Gasteiger partial charge is 0.338 e. The molecule has 0 unspecified atom stereocenters. The maximum absolute atomic E-state index is 12.3. The second-order valence-electron chi connectivity index (χ2n) is 5.97. The number of para-hydroxylation sites is 1. The number of aromatic nitrogens is 1. The Hall–Kier alpha value is -2.25. The molecule has 4 rings (SSSR count). The second kappa shape index (κ2) is 7.17. The van der Waals surface area contributed by atoms with E-state index in [9.17, 15) is 4.79 Å². The summed E-state index contributed by atoms with van der Waals surface area (Å²) < 4.78 is 12.1. The van der Waals surface area contributed by atoms with E-state index in [1.54, 1.807) is 36.3 Å². The molecular weight excluding hydrogens is 368 g/mol. The summed E-state index contributed by atoms with van der Waals surface area (Å²) >= 11 is 3.23. The predicted octanol–water partition coefficient (Wildman–Crippen LogP) is 4.07. The van der Waals surface area contributed by atoms with Gasteiger partial charge in [0.05, 0.1) is 30.5 Å². The van der Waals surface area contributed by atoms with E-state index in [-0.39, 0.29) is 12.1 Å². The van der Waals surface area contributed by atoms with E-state index in [1.165, 1.54) is 0 Å². The number of fused-ring (bicyclic) bond motifs is 1. The van der Waals surface area contributed by atoms with Crippen LogP contribution < -0.4 is 9.64 Å². The lowest BCUT2D eigenvalue weighted by Crippen LogP contribution is -2.53. The van der Waals surface area contributed by atoms with Gasteiger partial charge in [-0.1, -0.05) is 23.5 Å². The molecule has 5 nitrogen and oxygen atoms in total. The summed E-state index contributed by atoms with van der Waals surface area (Å²) in [7, 11) is 1.65. The molecule has 1 aliphatic heterocycles. The zero-order valence-electron chi connectivity index (χ0n) is 14.5. The second-order valence-corrected chi connectivity index (χ2v) is 7.86. The molecule has 2 heterocycles. The number of carbonyl (C=O) groups excluding carboxylic acids is 1. The topological polar surface area (TPSA) is 51.7 Å². The Morgan fingerprint density at radius 1 is 1.27 bits per heavy atom. The van der Waals surface area contributed by atoms with Gasteiger partial charge in [-0.2, -0.15) is 0 Å². The monoisotopic (exact) mass is 386 g/mol. The van der Waals surface area contributed by atoms with Crippen molar-refractivity contribution in [1.29, 1.82) is 0 Å². The van der Waals surface area contributed by atoms with Crippen LogP contribution in [-0.4, -0.2) is 43.5 Å². The normalized spacial score (nSPS) is 14.3. The van der Waals surface area contributed by atoms with Gasteiger partial charge in [0.2, 0.25) is 0 Å². The van der Waals surface area contributed by atoms with E-state index in [0.29, 0.717) is 18.7 Å². The van der Waals surface area contributed by atoms with Gasteiger partial charge in [0.15, 0.2) is 5.13 Å². The number of esters is 1. The van der Waals surface area contributed by atoms with Crippen LogP contribution in [0.3, 0.4) is 0 Å². The van der Waals surface area contributed by atoms with E-state index in [4.69, 9.17) is 9.47 Å². The number of methoxy groups -OCH3 is 1. The number of rotatable bonds is 5. The highest BCUT2D eigenvalue weighted by Crippen LogP contribution is 2.36. The van der Waals surface area contributed by atoms with Crippen LogP contribution in [0.4, 0.5) is 5.13 Å². The van der Waals surface area contributed by atoms with Crippen molar-refractivity contribution in [3.8, 4) is 5.75 Å². The van der Waals surface area contributed by atoms with Gasteiger partial charge in [-0.05, 0) is 36.6 Å². The van der Waals surface area contributed by atoms with Crippen molar-refractivity contribution in [2.24, 2.45) is 0 Å². The fourth-order valence-corrected chi connectivity index (χ4v) is 4.31. The van der Waals surface area contributed by atoms with E-state index in [1.807, 2.05) is 42.7 Å². The molecule has 2 aromatic carbocycles. The summed E-state index contributed by atoms with van der Waals surface area (Å²) in [6.07, 6.45) is 1.88. The number of thioether (sulfide) groups is 1. The van der Waals surface area contributed by atoms with Crippen LogP contribution in [0.1, 0.15) is 10.4 Å². The maximum Gasteiger partial charge on any atom is 0.338 e. The Labute approximate surface area is 159 Å². The Balaban J connectivity index is 1.40. The lowest BCUT2D eigenvalue weighted by Gasteiger charge is -2.38. The Kier molecular flexibility index (Phi) is 4.74. The van der Waals surface area contributed by atoms with Gasteiger partial charge in [-0.3, -0.25) is 0 Å². The molecule has 3 aromatic rings. The third-order valence-corrected chi connectivity index (χ3v) is 6.10. The average Bonchev–Trinajstić information content (AvgIpc) is 3.07. The van der Waals surface area contributed by atoms with Crippen molar-refractivity contribution in [2.75, 3.05) is 31.4 Å². The lowest BCUT2D eigenvalue weighted by atomic mass is 10.2. The molecule has 7 heteroatoms. The van der Waals surface area contributed by atoms with Gasteiger partial charge in [0, 0.05) is 4.90 Å². The van der Waals surface area contributed by atoms with E-state index >= 15 is 0 Å². The number of thiazole rings is 1. The first-order valence-corrected chi connectivity index (χ1v) is 10.3. The predicted molar refractivity (Wildman–Crippen MR) is 106 cm³/mol. The molecule has 0 aliphatic carbocycles. The molecular formula is C19H18N2O3S2. The summed E-state index contributed by atoms with van der Waals surface area (Å²) in [5.74, 6) is 0.513. The summed E-state index contributed by atoms with van der Waals surface area (Å²) in [5.41, 5.74) is 1.48. The first kappa shape index (κ1) is 17.2. The summed E-state index contributed by atoms with van der Waals surface area (Å²) in [6.45, 7) is 1.33. The van der Waals surface area contributed by atoms with E-state index < -0.39 is 0 Å². The van der Waals surface area contributed by atoms with Gasteiger partial charge in [0.25, 0.3) is 0 Å². The van der Waals surface area contributed by atoms with Crippen LogP contribution in [0, 0.1) is 0 Å². The maximum atomic E-state index is 12.3. The van der Waals surface area contributed by atoms with Crippen LogP contribution >= 0.6 is 23.1 Å². The Bertz CT molecular complexity index is 951. The van der Waals surface area contributed by atoms with Crippen LogP contribution in [0.2, 0.25) is 0 Å². The highest BCUT2D eigenvalue weighted by Gasteiger charge is 2.32. The van der Waals surface area contributed by atoms with Gasteiger partial charge >= 0.3 is 5.97 Å². The van der Waals surface area contributed by atoms with E-state index in [2.05, 4.69) is 9.88 Å². The average molecular weight is 386 g/mol. The van der Waals surface area contributed by atoms with Crippen molar-refractivity contribution < 1.29 is 14.3 Å². The minimum atomic E-state index is -0.267. The first-order chi connectivity index (χ1) is 12.7. The number of hydrogen-bond acceptors (Lipinski definition) is 7. The van der Waals surface area contributed by atoms with Crippen LogP contribution in [-0.2, 0) is 4.74 Å². The molecule has 0 spiro atoms. The molecule has 0 bridgehead atoms. The molecule has 1 aromatic heterocycles. The van der Waals surface area contributed by atoms with Crippen molar-refractivity contribution in [1.82, 2.24) is 4.98 Å². The van der Waals surface area contributed by atoms with Crippen LogP contribution in [0.15, 0.2) is 47.4 Å². The zero-order valence-corrected chi connectivity index (χ0v) is 16.1. The van der Waals surface area contributed by atoms with Crippen LogP contribution in [0.5, 0.6) is 5.75 Å². The summed E-state index contributed by atoms with van der Waals surface area (Å²) in [5, 5.41) is 0.932. The first-order valence-electron chi connectivity index (χ1n) is 8.21. The molecule has 134 valence electrons. The number of nitrogens with zero attached hydrogens (tertiary/aromatic N) is 2. The van der Waals surface area contributed by atoms with Crippen molar-refractivity contribution in [3.63, 3.8) is 0 Å². The third kappa shape index (κ3) is 3.24. The largest absolute Gasteiger partial charge is 0.494 e. The van der Waals surface area contributed by atoms with Crippen LogP contribution in [0.25, 0.3) is 10.2 Å². The fraction of sp³-hybridized carbons (Fsp3) is 0.263. The van der Waals surface area contributed by atoms with Gasteiger partial charge in [-0.15, -0.1) is 11.8 Å². The number of benzene rings is 2. The zero-order chi connectivity index (χ0) is 18.1. The van der Waals surface area contributed by atoms with Crippen molar-refractivity contribution in [2.45, 2.75) is 11.0 Å². The quantitative estimate of drug-likeness (QED) is 0.487. The van der Waals surface area contributed by atoms with E-state index in [0.717, 1.165) is 26.0 Å². The number of anilines is 1. The fourth-order valence-electron chi connectivity index (χ4n) is 2.85. The SMILES string of the molecule is COc1cccc2sc(N3CC(OC(=O)c4cccc(SC)c4)C3)nc12. The standard InChI is InChI=1S/C19H18N2O3S2/c1-23-15-7-4-8-16-17(15)20-19(26-16)21-10-13(11-21)24-18(22)12-5-3-6-14(9-12)25-2/h3-9,13H,10-11H2,1-2H3.